The Balaban J connectivity index is 1.40. The molecule has 0 N–H and O–H groups in total. The highest BCUT2D eigenvalue weighted by Gasteiger charge is 2.41. The molecule has 1 amide bonds. The van der Waals surface area contributed by atoms with Crippen LogP contribution in [0.1, 0.15) is 32.3 Å². The monoisotopic (exact) mass is 313 g/mol. The van der Waals surface area contributed by atoms with E-state index in [9.17, 15) is 4.79 Å². The van der Waals surface area contributed by atoms with Gasteiger partial charge in [-0.3, -0.25) is 4.79 Å². The number of hydrogen-bond donors (Lipinski definition) is 0. The highest BCUT2D eigenvalue weighted by atomic mass is 16.2. The number of carbonyl (C=O) groups is 1. The first-order valence-electron chi connectivity index (χ1n) is 9.06. The molecule has 0 aliphatic carbocycles. The van der Waals surface area contributed by atoms with Gasteiger partial charge in [-0.05, 0) is 43.2 Å². The maximum Gasteiger partial charge on any atom is 0.225 e. The highest BCUT2D eigenvalue weighted by Crippen LogP contribution is 2.32. The highest BCUT2D eigenvalue weighted by molar-refractivity contribution is 5.78. The molecule has 125 valence electrons. The molecule has 2 unspecified atom stereocenters. The van der Waals surface area contributed by atoms with E-state index in [4.69, 9.17) is 0 Å². The van der Waals surface area contributed by atoms with Gasteiger partial charge in [0.1, 0.15) is 0 Å². The number of rotatable bonds is 6. The van der Waals surface area contributed by atoms with Gasteiger partial charge in [0.25, 0.3) is 0 Å². The molecule has 1 aromatic carbocycles. The van der Waals surface area contributed by atoms with Crippen molar-refractivity contribution < 1.29 is 4.79 Å². The van der Waals surface area contributed by atoms with Crippen LogP contribution >= 0.6 is 0 Å². The van der Waals surface area contributed by atoms with Crippen molar-refractivity contribution in [1.82, 2.24) is 9.80 Å². The molecule has 2 aliphatic heterocycles. The molecular weight excluding hydrogens is 284 g/mol. The molecule has 2 aliphatic rings. The summed E-state index contributed by atoms with van der Waals surface area (Å²) in [5, 5.41) is 0. The van der Waals surface area contributed by atoms with Crippen molar-refractivity contribution in [2.24, 2.45) is 17.8 Å². The lowest BCUT2D eigenvalue weighted by Crippen LogP contribution is -2.36. The molecule has 0 aromatic heterocycles. The Hall–Kier alpha value is -1.35. The number of benzene rings is 1. The molecule has 0 saturated carbocycles. The third-order valence-corrected chi connectivity index (χ3v) is 5.53. The van der Waals surface area contributed by atoms with Gasteiger partial charge in [0, 0.05) is 32.1 Å². The van der Waals surface area contributed by atoms with E-state index in [0.29, 0.717) is 17.7 Å². The molecule has 2 fully saturated rings. The van der Waals surface area contributed by atoms with E-state index in [0.717, 1.165) is 45.6 Å². The third kappa shape index (κ3) is 3.95. The Kier molecular flexibility index (Phi) is 5.37. The minimum absolute atomic E-state index is 0.186. The van der Waals surface area contributed by atoms with Crippen molar-refractivity contribution in [1.29, 1.82) is 0 Å². The second-order valence-corrected chi connectivity index (χ2v) is 7.24. The SMILES string of the molecule is CC[C@H](C)C(=O)N1CC2CN(CC[CH]c3ccccc3)CC2C1. The summed E-state index contributed by atoms with van der Waals surface area (Å²) in [6, 6.07) is 10.6. The standard InChI is InChI=1S/C20H29N2O/c1-3-16(2)20(23)22-14-18-12-21(13-19(18)15-22)11-7-10-17-8-5-4-6-9-17/h4-6,8-10,16,18-19H,3,7,11-15H2,1-2H3/t16-,18?,19?/m0/s1. The van der Waals surface area contributed by atoms with Gasteiger partial charge in [-0.25, -0.2) is 0 Å². The molecule has 1 aromatic rings. The molecule has 3 atom stereocenters. The minimum atomic E-state index is 0.186. The van der Waals surface area contributed by atoms with E-state index in [1.54, 1.807) is 0 Å². The molecule has 1 radical (unpaired) electrons. The average molecular weight is 313 g/mol. The van der Waals surface area contributed by atoms with Gasteiger partial charge in [0.15, 0.2) is 0 Å². The van der Waals surface area contributed by atoms with Crippen molar-refractivity contribution in [3.05, 3.63) is 42.3 Å². The van der Waals surface area contributed by atoms with E-state index in [2.05, 4.69) is 60.4 Å². The summed E-state index contributed by atoms with van der Waals surface area (Å²) < 4.78 is 0. The van der Waals surface area contributed by atoms with E-state index in [1.807, 2.05) is 0 Å². The fourth-order valence-corrected chi connectivity index (χ4v) is 3.94. The molecule has 0 spiro atoms. The number of amides is 1. The predicted molar refractivity (Wildman–Crippen MR) is 93.9 cm³/mol. The Morgan fingerprint density at radius 1 is 1.17 bits per heavy atom. The number of hydrogen-bond acceptors (Lipinski definition) is 2. The second-order valence-electron chi connectivity index (χ2n) is 7.24. The van der Waals surface area contributed by atoms with Crippen LogP contribution in [-0.4, -0.2) is 48.4 Å². The molecule has 0 bridgehead atoms. The lowest BCUT2D eigenvalue weighted by molar-refractivity contribution is -0.134. The van der Waals surface area contributed by atoms with E-state index in [-0.39, 0.29) is 5.92 Å². The summed E-state index contributed by atoms with van der Waals surface area (Å²) >= 11 is 0. The van der Waals surface area contributed by atoms with Gasteiger partial charge in [0.05, 0.1) is 0 Å². The number of fused-ring (bicyclic) bond motifs is 1. The van der Waals surface area contributed by atoms with Crippen molar-refractivity contribution >= 4 is 5.91 Å². The molecule has 23 heavy (non-hydrogen) atoms. The van der Waals surface area contributed by atoms with Crippen LogP contribution in [-0.2, 0) is 4.79 Å². The lowest BCUT2D eigenvalue weighted by Gasteiger charge is -2.23. The van der Waals surface area contributed by atoms with Crippen LogP contribution in [0.15, 0.2) is 30.3 Å². The summed E-state index contributed by atoms with van der Waals surface area (Å²) in [5.41, 5.74) is 1.32. The lowest BCUT2D eigenvalue weighted by atomic mass is 10.0. The van der Waals surface area contributed by atoms with Crippen LogP contribution in [0.5, 0.6) is 0 Å². The number of likely N-dealkylation sites (tertiary alicyclic amines) is 2. The fraction of sp³-hybridized carbons (Fsp3) is 0.600. The largest absolute Gasteiger partial charge is 0.342 e. The molecule has 2 saturated heterocycles. The summed E-state index contributed by atoms with van der Waals surface area (Å²) in [5.74, 6) is 1.94. The van der Waals surface area contributed by atoms with E-state index >= 15 is 0 Å². The minimum Gasteiger partial charge on any atom is -0.342 e. The molecule has 3 nitrogen and oxygen atoms in total. The van der Waals surface area contributed by atoms with Gasteiger partial charge in [-0.15, -0.1) is 0 Å². The summed E-state index contributed by atoms with van der Waals surface area (Å²) in [4.78, 5) is 17.0. The predicted octanol–water partition coefficient (Wildman–Crippen LogP) is 3.07. The molecule has 3 heteroatoms. The van der Waals surface area contributed by atoms with E-state index < -0.39 is 0 Å². The zero-order chi connectivity index (χ0) is 16.2. The van der Waals surface area contributed by atoms with Gasteiger partial charge >= 0.3 is 0 Å². The second kappa shape index (κ2) is 7.48. The topological polar surface area (TPSA) is 23.6 Å². The van der Waals surface area contributed by atoms with Crippen LogP contribution in [0.25, 0.3) is 0 Å². The van der Waals surface area contributed by atoms with Crippen molar-refractivity contribution in [3.8, 4) is 0 Å². The van der Waals surface area contributed by atoms with Crippen LogP contribution < -0.4 is 0 Å². The first-order chi connectivity index (χ1) is 11.2. The van der Waals surface area contributed by atoms with Crippen molar-refractivity contribution in [2.75, 3.05) is 32.7 Å². The van der Waals surface area contributed by atoms with Crippen molar-refractivity contribution in [2.45, 2.75) is 26.7 Å². The normalized spacial score (nSPS) is 25.6. The number of carbonyl (C=O) groups excluding carboxylic acids is 1. The third-order valence-electron chi connectivity index (χ3n) is 5.53. The maximum atomic E-state index is 12.3. The summed E-state index contributed by atoms with van der Waals surface area (Å²) in [7, 11) is 0. The first-order valence-corrected chi connectivity index (χ1v) is 9.06. The Morgan fingerprint density at radius 2 is 1.83 bits per heavy atom. The Morgan fingerprint density at radius 3 is 2.43 bits per heavy atom. The smallest absolute Gasteiger partial charge is 0.225 e. The Labute approximate surface area is 140 Å². The first kappa shape index (κ1) is 16.5. The maximum absolute atomic E-state index is 12.3. The van der Waals surface area contributed by atoms with Crippen LogP contribution in [0.3, 0.4) is 0 Å². The van der Waals surface area contributed by atoms with Gasteiger partial charge < -0.3 is 9.80 Å². The summed E-state index contributed by atoms with van der Waals surface area (Å²) in [6.07, 6.45) is 4.39. The fourth-order valence-electron chi connectivity index (χ4n) is 3.94. The zero-order valence-electron chi connectivity index (χ0n) is 14.4. The molecule has 3 rings (SSSR count). The van der Waals surface area contributed by atoms with Crippen LogP contribution in [0, 0.1) is 24.2 Å². The van der Waals surface area contributed by atoms with E-state index in [1.165, 1.54) is 5.56 Å². The molecule has 2 heterocycles. The van der Waals surface area contributed by atoms with Crippen LogP contribution in [0.4, 0.5) is 0 Å². The quantitative estimate of drug-likeness (QED) is 0.806. The molecular formula is C20H29N2O. The Bertz CT molecular complexity index is 502. The van der Waals surface area contributed by atoms with Crippen LogP contribution in [0.2, 0.25) is 0 Å². The average Bonchev–Trinajstić information content (AvgIpc) is 3.13. The van der Waals surface area contributed by atoms with Gasteiger partial charge in [0.2, 0.25) is 5.91 Å². The van der Waals surface area contributed by atoms with Crippen molar-refractivity contribution in [3.63, 3.8) is 0 Å². The van der Waals surface area contributed by atoms with Gasteiger partial charge in [-0.1, -0.05) is 44.2 Å². The van der Waals surface area contributed by atoms with Gasteiger partial charge in [-0.2, -0.15) is 0 Å². The number of nitrogens with zero attached hydrogens (tertiary/aromatic N) is 2. The summed E-state index contributed by atoms with van der Waals surface area (Å²) in [6.45, 7) is 9.59. The zero-order valence-corrected chi connectivity index (χ0v) is 14.4.